The monoisotopic (exact) mass is 456 g/mol. The fraction of sp³-hybridized carbons (Fsp3) is 0.440. The fourth-order valence-electron chi connectivity index (χ4n) is 3.93. The van der Waals surface area contributed by atoms with Gasteiger partial charge in [0.05, 0.1) is 25.9 Å². The minimum absolute atomic E-state index is 0.0340. The molecule has 1 fully saturated rings. The van der Waals surface area contributed by atoms with Crippen molar-refractivity contribution in [2.75, 3.05) is 51.9 Å². The lowest BCUT2D eigenvalue weighted by molar-refractivity contribution is -0.145. The number of benzene rings is 2. The standard InChI is InChI=1S/C25H32N2O6/c1-18-4-6-19(7-5-18)27(25(30)22-16-21(31-2)8-9-23(22)32-3)15-14-26-12-10-20(11-13-26)33-17-24(28)29/h4-9,16,20H,10-15,17H2,1-3H3,(H,28,29). The summed E-state index contributed by atoms with van der Waals surface area (Å²) in [5, 5.41) is 8.79. The molecule has 1 amide bonds. The minimum atomic E-state index is -0.947. The first kappa shape index (κ1) is 24.5. The number of methoxy groups -OCH3 is 2. The summed E-state index contributed by atoms with van der Waals surface area (Å²) in [6.45, 7) is 4.53. The zero-order chi connectivity index (χ0) is 23.8. The predicted molar refractivity (Wildman–Crippen MR) is 125 cm³/mol. The number of anilines is 1. The molecule has 3 rings (SSSR count). The van der Waals surface area contributed by atoms with Crippen LogP contribution in [0.25, 0.3) is 0 Å². The number of ether oxygens (including phenoxy) is 3. The molecule has 0 aliphatic carbocycles. The zero-order valence-corrected chi connectivity index (χ0v) is 19.5. The maximum Gasteiger partial charge on any atom is 0.329 e. The molecule has 1 aliphatic rings. The molecule has 0 aromatic heterocycles. The van der Waals surface area contributed by atoms with Crippen LogP contribution in [0.1, 0.15) is 28.8 Å². The number of amides is 1. The van der Waals surface area contributed by atoms with Gasteiger partial charge in [0.1, 0.15) is 18.1 Å². The Morgan fingerprint density at radius 3 is 2.36 bits per heavy atom. The second kappa shape index (κ2) is 11.7. The zero-order valence-electron chi connectivity index (χ0n) is 19.5. The van der Waals surface area contributed by atoms with Gasteiger partial charge in [-0.3, -0.25) is 4.79 Å². The first-order valence-corrected chi connectivity index (χ1v) is 11.1. The van der Waals surface area contributed by atoms with Crippen molar-refractivity contribution in [2.24, 2.45) is 0 Å². The second-order valence-corrected chi connectivity index (χ2v) is 8.10. The van der Waals surface area contributed by atoms with Crippen molar-refractivity contribution in [3.8, 4) is 11.5 Å². The van der Waals surface area contributed by atoms with E-state index < -0.39 is 5.97 Å². The van der Waals surface area contributed by atoms with Gasteiger partial charge in [-0.1, -0.05) is 17.7 Å². The van der Waals surface area contributed by atoms with Crippen LogP contribution in [-0.2, 0) is 9.53 Å². The number of carboxylic acids is 1. The first-order valence-electron chi connectivity index (χ1n) is 11.1. The Kier molecular flexibility index (Phi) is 8.68. The highest BCUT2D eigenvalue weighted by Crippen LogP contribution is 2.28. The summed E-state index contributed by atoms with van der Waals surface area (Å²) in [6, 6.07) is 13.1. The first-order chi connectivity index (χ1) is 15.9. The second-order valence-electron chi connectivity index (χ2n) is 8.10. The highest BCUT2D eigenvalue weighted by Gasteiger charge is 2.25. The number of carbonyl (C=O) groups is 2. The fourth-order valence-corrected chi connectivity index (χ4v) is 3.93. The van der Waals surface area contributed by atoms with Crippen molar-refractivity contribution in [1.82, 2.24) is 4.90 Å². The molecule has 0 unspecified atom stereocenters. The van der Waals surface area contributed by atoms with E-state index in [1.807, 2.05) is 31.2 Å². The Morgan fingerprint density at radius 2 is 1.76 bits per heavy atom. The molecule has 0 saturated carbocycles. The SMILES string of the molecule is COc1ccc(OC)c(C(=O)N(CCN2CCC(OCC(=O)O)CC2)c2ccc(C)cc2)c1. The number of carbonyl (C=O) groups excluding carboxylic acids is 1. The Bertz CT molecular complexity index is 938. The molecule has 1 heterocycles. The van der Waals surface area contributed by atoms with E-state index in [1.165, 1.54) is 0 Å². The summed E-state index contributed by atoms with van der Waals surface area (Å²) in [4.78, 5) is 28.4. The molecular formula is C25H32N2O6. The molecule has 0 bridgehead atoms. The Labute approximate surface area is 194 Å². The summed E-state index contributed by atoms with van der Waals surface area (Å²) >= 11 is 0. The number of piperidine rings is 1. The summed E-state index contributed by atoms with van der Waals surface area (Å²) in [5.41, 5.74) is 2.38. The number of likely N-dealkylation sites (tertiary alicyclic amines) is 1. The van der Waals surface area contributed by atoms with E-state index in [9.17, 15) is 9.59 Å². The van der Waals surface area contributed by atoms with Gasteiger partial charge in [-0.05, 0) is 50.1 Å². The van der Waals surface area contributed by atoms with Crippen LogP contribution in [0.3, 0.4) is 0 Å². The maximum atomic E-state index is 13.6. The molecule has 2 aromatic carbocycles. The third-order valence-electron chi connectivity index (χ3n) is 5.84. The van der Waals surface area contributed by atoms with E-state index in [1.54, 1.807) is 37.3 Å². The van der Waals surface area contributed by atoms with E-state index in [0.29, 0.717) is 30.2 Å². The van der Waals surface area contributed by atoms with Crippen molar-refractivity contribution in [2.45, 2.75) is 25.9 Å². The number of carboxylic acid groups (broad SMARTS) is 1. The summed E-state index contributed by atoms with van der Waals surface area (Å²) in [5.74, 6) is -0.0207. The van der Waals surface area contributed by atoms with Crippen LogP contribution in [0.5, 0.6) is 11.5 Å². The number of aliphatic carboxylic acids is 1. The molecular weight excluding hydrogens is 424 g/mol. The minimum Gasteiger partial charge on any atom is -0.497 e. The molecule has 2 aromatic rings. The number of hydrogen-bond donors (Lipinski definition) is 1. The molecule has 178 valence electrons. The lowest BCUT2D eigenvalue weighted by atomic mass is 10.1. The normalized spacial score (nSPS) is 14.6. The van der Waals surface area contributed by atoms with E-state index in [4.69, 9.17) is 19.3 Å². The van der Waals surface area contributed by atoms with Gasteiger partial charge in [0.15, 0.2) is 0 Å². The number of rotatable bonds is 10. The van der Waals surface area contributed by atoms with Gasteiger partial charge < -0.3 is 29.1 Å². The van der Waals surface area contributed by atoms with Crippen LogP contribution in [0.15, 0.2) is 42.5 Å². The van der Waals surface area contributed by atoms with E-state index in [2.05, 4.69) is 4.90 Å². The largest absolute Gasteiger partial charge is 0.497 e. The van der Waals surface area contributed by atoms with Gasteiger partial charge in [0.2, 0.25) is 0 Å². The molecule has 8 heteroatoms. The predicted octanol–water partition coefficient (Wildman–Crippen LogP) is 3.22. The van der Waals surface area contributed by atoms with E-state index >= 15 is 0 Å². The van der Waals surface area contributed by atoms with Crippen LogP contribution in [-0.4, -0.2) is 75.0 Å². The Morgan fingerprint density at radius 1 is 1.06 bits per heavy atom. The van der Waals surface area contributed by atoms with Gasteiger partial charge in [-0.2, -0.15) is 0 Å². The Hall–Kier alpha value is -3.10. The average Bonchev–Trinajstić information content (AvgIpc) is 2.84. The van der Waals surface area contributed by atoms with E-state index in [0.717, 1.165) is 37.2 Å². The molecule has 33 heavy (non-hydrogen) atoms. The molecule has 8 nitrogen and oxygen atoms in total. The number of aryl methyl sites for hydroxylation is 1. The molecule has 0 radical (unpaired) electrons. The van der Waals surface area contributed by atoms with E-state index in [-0.39, 0.29) is 18.6 Å². The van der Waals surface area contributed by atoms with Crippen LogP contribution in [0, 0.1) is 6.92 Å². The van der Waals surface area contributed by atoms with Crippen molar-refractivity contribution >= 4 is 17.6 Å². The van der Waals surface area contributed by atoms with Crippen LogP contribution in [0.2, 0.25) is 0 Å². The van der Waals surface area contributed by atoms with Gasteiger partial charge in [-0.25, -0.2) is 4.79 Å². The van der Waals surface area contributed by atoms with Crippen LogP contribution in [0.4, 0.5) is 5.69 Å². The molecule has 1 aliphatic heterocycles. The van der Waals surface area contributed by atoms with Crippen molar-refractivity contribution in [3.63, 3.8) is 0 Å². The lowest BCUT2D eigenvalue weighted by Gasteiger charge is -2.33. The molecule has 0 atom stereocenters. The maximum absolute atomic E-state index is 13.6. The molecule has 1 N–H and O–H groups in total. The van der Waals surface area contributed by atoms with Crippen molar-refractivity contribution in [3.05, 3.63) is 53.6 Å². The molecule has 0 spiro atoms. The third-order valence-corrected chi connectivity index (χ3v) is 5.84. The summed E-state index contributed by atoms with van der Waals surface area (Å²) < 4.78 is 16.2. The van der Waals surface area contributed by atoms with Gasteiger partial charge in [-0.15, -0.1) is 0 Å². The highest BCUT2D eigenvalue weighted by atomic mass is 16.5. The van der Waals surface area contributed by atoms with Crippen LogP contribution >= 0.6 is 0 Å². The quantitative estimate of drug-likeness (QED) is 0.587. The number of nitrogens with zero attached hydrogens (tertiary/aromatic N) is 2. The molecule has 1 saturated heterocycles. The Balaban J connectivity index is 1.73. The van der Waals surface area contributed by atoms with Crippen molar-refractivity contribution in [1.29, 1.82) is 0 Å². The van der Waals surface area contributed by atoms with Gasteiger partial charge in [0.25, 0.3) is 5.91 Å². The summed E-state index contributed by atoms with van der Waals surface area (Å²) in [6.07, 6.45) is 1.51. The lowest BCUT2D eigenvalue weighted by Crippen LogP contribution is -2.43. The number of hydrogen-bond acceptors (Lipinski definition) is 6. The average molecular weight is 457 g/mol. The smallest absolute Gasteiger partial charge is 0.329 e. The van der Waals surface area contributed by atoms with Crippen molar-refractivity contribution < 1.29 is 28.9 Å². The van der Waals surface area contributed by atoms with Crippen LogP contribution < -0.4 is 14.4 Å². The van der Waals surface area contributed by atoms with Gasteiger partial charge in [0, 0.05) is 31.9 Å². The highest BCUT2D eigenvalue weighted by molar-refractivity contribution is 6.08. The topological polar surface area (TPSA) is 88.5 Å². The van der Waals surface area contributed by atoms with Gasteiger partial charge >= 0.3 is 5.97 Å². The third kappa shape index (κ3) is 6.69. The summed E-state index contributed by atoms with van der Waals surface area (Å²) in [7, 11) is 3.11.